The zero-order valence-corrected chi connectivity index (χ0v) is 13.5. The Labute approximate surface area is 131 Å². The van der Waals surface area contributed by atoms with Crippen LogP contribution in [0.3, 0.4) is 0 Å². The van der Waals surface area contributed by atoms with Crippen LogP contribution in [-0.4, -0.2) is 57.6 Å². The van der Waals surface area contributed by atoms with E-state index in [9.17, 15) is 9.59 Å². The molecule has 1 fully saturated rings. The van der Waals surface area contributed by atoms with E-state index in [1.165, 1.54) is 16.7 Å². The minimum absolute atomic E-state index is 0.0382. The van der Waals surface area contributed by atoms with Crippen LogP contribution < -0.4 is 5.32 Å². The van der Waals surface area contributed by atoms with Crippen LogP contribution >= 0.6 is 23.1 Å². The van der Waals surface area contributed by atoms with Crippen LogP contribution in [-0.2, 0) is 6.42 Å². The van der Waals surface area contributed by atoms with Crippen molar-refractivity contribution in [3.63, 3.8) is 0 Å². The number of thioether (sulfide) groups is 1. The van der Waals surface area contributed by atoms with E-state index in [1.807, 2.05) is 16.7 Å². The number of nitrogens with zero attached hydrogens (tertiary/aromatic N) is 2. The van der Waals surface area contributed by atoms with Crippen molar-refractivity contribution in [1.29, 1.82) is 0 Å². The molecule has 6 nitrogen and oxygen atoms in total. The Hall–Kier alpha value is -1.28. The topological polar surface area (TPSA) is 82.5 Å². The molecular weight excluding hydrogens is 310 g/mol. The van der Waals surface area contributed by atoms with E-state index in [1.54, 1.807) is 0 Å². The number of nitrogens with one attached hydrogen (secondary N) is 1. The molecule has 1 aliphatic rings. The second kappa shape index (κ2) is 7.65. The van der Waals surface area contributed by atoms with Crippen molar-refractivity contribution in [2.75, 3.05) is 25.4 Å². The van der Waals surface area contributed by atoms with Crippen LogP contribution in [0.5, 0.6) is 0 Å². The molecule has 1 aliphatic heterocycles. The van der Waals surface area contributed by atoms with E-state index in [4.69, 9.17) is 5.11 Å². The van der Waals surface area contributed by atoms with Crippen molar-refractivity contribution in [2.45, 2.75) is 25.0 Å². The molecule has 2 rings (SSSR count). The maximum absolute atomic E-state index is 12.1. The van der Waals surface area contributed by atoms with Gasteiger partial charge in [0.1, 0.15) is 0 Å². The molecule has 1 aromatic rings. The van der Waals surface area contributed by atoms with E-state index in [0.717, 1.165) is 30.3 Å². The third-order valence-electron chi connectivity index (χ3n) is 3.27. The summed E-state index contributed by atoms with van der Waals surface area (Å²) in [6, 6.07) is -0.0382. The third kappa shape index (κ3) is 4.60. The first-order valence-corrected chi connectivity index (χ1v) is 8.85. The summed E-state index contributed by atoms with van der Waals surface area (Å²) in [5.41, 5.74) is 0.0696. The molecule has 21 heavy (non-hydrogen) atoms. The van der Waals surface area contributed by atoms with Gasteiger partial charge in [0.15, 0.2) is 5.69 Å². The smallest absolute Gasteiger partial charge is 0.355 e. The summed E-state index contributed by atoms with van der Waals surface area (Å²) in [5.74, 6) is -0.0293. The number of aromatic nitrogens is 1. The maximum atomic E-state index is 12.1. The highest BCUT2D eigenvalue weighted by atomic mass is 32.2. The molecule has 0 bridgehead atoms. The lowest BCUT2D eigenvalue weighted by Crippen LogP contribution is -2.47. The van der Waals surface area contributed by atoms with Gasteiger partial charge in [0, 0.05) is 42.4 Å². The van der Waals surface area contributed by atoms with Gasteiger partial charge in [-0.1, -0.05) is 6.92 Å². The molecule has 0 aliphatic carbocycles. The third-order valence-corrected chi connectivity index (χ3v) is 5.55. The number of hydrogen-bond acceptors (Lipinski definition) is 5. The molecule has 0 spiro atoms. The van der Waals surface area contributed by atoms with E-state index in [0.29, 0.717) is 18.2 Å². The Kier molecular flexibility index (Phi) is 5.86. The molecule has 0 radical (unpaired) electrons. The minimum atomic E-state index is -1.02. The molecule has 116 valence electrons. The van der Waals surface area contributed by atoms with Gasteiger partial charge in [-0.3, -0.25) is 0 Å². The average molecular weight is 329 g/mol. The number of carbonyl (C=O) groups excluding carboxylic acids is 1. The first kappa shape index (κ1) is 16.1. The van der Waals surface area contributed by atoms with Gasteiger partial charge in [-0.15, -0.1) is 11.3 Å². The summed E-state index contributed by atoms with van der Waals surface area (Å²) in [7, 11) is 0. The van der Waals surface area contributed by atoms with Crippen molar-refractivity contribution in [3.8, 4) is 0 Å². The predicted octanol–water partition coefficient (Wildman–Crippen LogP) is 1.92. The van der Waals surface area contributed by atoms with Crippen molar-refractivity contribution in [3.05, 3.63) is 16.1 Å². The number of amides is 2. The summed E-state index contributed by atoms with van der Waals surface area (Å²) < 4.78 is 0. The summed E-state index contributed by atoms with van der Waals surface area (Å²) in [6.45, 7) is 4.20. The first-order chi connectivity index (χ1) is 10.1. The van der Waals surface area contributed by atoms with Gasteiger partial charge in [-0.25, -0.2) is 14.6 Å². The summed E-state index contributed by atoms with van der Waals surface area (Å²) in [5, 5.41) is 14.5. The minimum Gasteiger partial charge on any atom is -0.476 e. The number of hydrogen-bond donors (Lipinski definition) is 2. The van der Waals surface area contributed by atoms with E-state index >= 15 is 0 Å². The number of carbonyl (C=O) groups is 2. The number of thiazole rings is 1. The standard InChI is InChI=1S/C13H19N3O3S2/c1-2-9-7-16(5-6-20-9)13(19)14-4-3-11-15-10(8-21-11)12(17)18/h8-9H,2-7H2,1H3,(H,14,19)(H,17,18). The number of aromatic carboxylic acids is 1. The van der Waals surface area contributed by atoms with Crippen molar-refractivity contribution < 1.29 is 14.7 Å². The van der Waals surface area contributed by atoms with Crippen molar-refractivity contribution in [2.24, 2.45) is 0 Å². The Morgan fingerprint density at radius 2 is 2.38 bits per heavy atom. The predicted molar refractivity (Wildman–Crippen MR) is 84.3 cm³/mol. The summed E-state index contributed by atoms with van der Waals surface area (Å²) in [4.78, 5) is 28.6. The van der Waals surface area contributed by atoms with Gasteiger partial charge in [0.05, 0.1) is 5.01 Å². The van der Waals surface area contributed by atoms with Crippen LogP contribution in [0.15, 0.2) is 5.38 Å². The van der Waals surface area contributed by atoms with Gasteiger partial charge in [0.2, 0.25) is 0 Å². The van der Waals surface area contributed by atoms with Crippen LogP contribution in [0.25, 0.3) is 0 Å². The SMILES string of the molecule is CCC1CN(C(=O)NCCc2nc(C(=O)O)cs2)CCS1. The highest BCUT2D eigenvalue weighted by Crippen LogP contribution is 2.20. The molecule has 2 N–H and O–H groups in total. The molecular formula is C13H19N3O3S2. The van der Waals surface area contributed by atoms with Gasteiger partial charge in [0.25, 0.3) is 0 Å². The lowest BCUT2D eigenvalue weighted by atomic mass is 10.3. The maximum Gasteiger partial charge on any atom is 0.355 e. The number of rotatable bonds is 5. The van der Waals surface area contributed by atoms with Crippen LogP contribution in [0.2, 0.25) is 0 Å². The fourth-order valence-electron chi connectivity index (χ4n) is 2.06. The second-order valence-corrected chi connectivity index (χ2v) is 7.11. The molecule has 1 aromatic heterocycles. The van der Waals surface area contributed by atoms with Gasteiger partial charge in [-0.2, -0.15) is 11.8 Å². The Balaban J connectivity index is 1.74. The van der Waals surface area contributed by atoms with Crippen LogP contribution in [0.4, 0.5) is 4.79 Å². The van der Waals surface area contributed by atoms with Gasteiger partial charge < -0.3 is 15.3 Å². The Bertz CT molecular complexity index is 507. The average Bonchev–Trinajstić information content (AvgIpc) is 2.96. The lowest BCUT2D eigenvalue weighted by Gasteiger charge is -2.31. The van der Waals surface area contributed by atoms with Crippen molar-refractivity contribution in [1.82, 2.24) is 15.2 Å². The molecule has 0 aromatic carbocycles. The lowest BCUT2D eigenvalue weighted by molar-refractivity contribution is 0.0691. The van der Waals surface area contributed by atoms with E-state index in [2.05, 4.69) is 17.2 Å². The molecule has 2 heterocycles. The Morgan fingerprint density at radius 3 is 3.05 bits per heavy atom. The molecule has 1 unspecified atom stereocenters. The van der Waals surface area contributed by atoms with Gasteiger partial charge >= 0.3 is 12.0 Å². The summed E-state index contributed by atoms with van der Waals surface area (Å²) in [6.07, 6.45) is 1.63. The fourth-order valence-corrected chi connectivity index (χ4v) is 4.02. The second-order valence-electron chi connectivity index (χ2n) is 4.76. The Morgan fingerprint density at radius 1 is 1.57 bits per heavy atom. The zero-order valence-electron chi connectivity index (χ0n) is 11.9. The highest BCUT2D eigenvalue weighted by Gasteiger charge is 2.22. The van der Waals surface area contributed by atoms with Gasteiger partial charge in [-0.05, 0) is 6.42 Å². The zero-order chi connectivity index (χ0) is 15.2. The molecule has 1 atom stereocenters. The molecule has 0 saturated carbocycles. The first-order valence-electron chi connectivity index (χ1n) is 6.92. The molecule has 2 amide bonds. The monoisotopic (exact) mass is 329 g/mol. The number of urea groups is 1. The quantitative estimate of drug-likeness (QED) is 0.862. The fraction of sp³-hybridized carbons (Fsp3) is 0.615. The molecule has 1 saturated heterocycles. The van der Waals surface area contributed by atoms with Crippen LogP contribution in [0, 0.1) is 0 Å². The van der Waals surface area contributed by atoms with E-state index in [-0.39, 0.29) is 11.7 Å². The number of carboxylic acid groups (broad SMARTS) is 1. The normalized spacial score (nSPS) is 18.5. The van der Waals surface area contributed by atoms with Crippen molar-refractivity contribution >= 4 is 35.1 Å². The van der Waals surface area contributed by atoms with Crippen LogP contribution in [0.1, 0.15) is 28.8 Å². The van der Waals surface area contributed by atoms with E-state index < -0.39 is 5.97 Å². The highest BCUT2D eigenvalue weighted by molar-refractivity contribution is 8.00. The molecule has 8 heteroatoms. The number of carboxylic acids is 1. The summed E-state index contributed by atoms with van der Waals surface area (Å²) >= 11 is 3.23. The largest absolute Gasteiger partial charge is 0.476 e.